The summed E-state index contributed by atoms with van der Waals surface area (Å²) >= 11 is 0. The molecule has 1 saturated heterocycles. The van der Waals surface area contributed by atoms with Crippen LogP contribution < -0.4 is 15.0 Å². The largest absolute Gasteiger partial charge is 0.457 e. The molecule has 7 heteroatoms. The normalized spacial score (nSPS) is 13.1. The first-order valence-corrected chi connectivity index (χ1v) is 9.78. The van der Waals surface area contributed by atoms with Gasteiger partial charge in [0.1, 0.15) is 17.2 Å². The molecule has 0 aromatic heterocycles. The molecule has 0 unspecified atom stereocenters. The van der Waals surface area contributed by atoms with Crippen LogP contribution in [0.1, 0.15) is 23.2 Å². The third-order valence-corrected chi connectivity index (χ3v) is 4.97. The molecule has 0 radical (unpaired) electrons. The van der Waals surface area contributed by atoms with E-state index in [4.69, 9.17) is 4.74 Å². The quantitative estimate of drug-likeness (QED) is 0.449. The van der Waals surface area contributed by atoms with Crippen LogP contribution in [0.3, 0.4) is 0 Å². The molecule has 30 heavy (non-hydrogen) atoms. The number of nitrogens with zero attached hydrogens (tertiary/aromatic N) is 2. The highest BCUT2D eigenvalue weighted by atomic mass is 16.6. The molecule has 0 spiro atoms. The van der Waals surface area contributed by atoms with E-state index in [0.29, 0.717) is 17.1 Å². The Kier molecular flexibility index (Phi) is 5.61. The van der Waals surface area contributed by atoms with Crippen molar-refractivity contribution in [1.82, 2.24) is 0 Å². The number of amides is 1. The molecule has 1 aliphatic rings. The number of para-hydroxylation sites is 1. The summed E-state index contributed by atoms with van der Waals surface area (Å²) in [6.07, 6.45) is 2.03. The first-order chi connectivity index (χ1) is 14.6. The molecule has 0 aliphatic carbocycles. The highest BCUT2D eigenvalue weighted by Crippen LogP contribution is 2.32. The van der Waals surface area contributed by atoms with E-state index >= 15 is 0 Å². The number of nitro benzene ring substituents is 1. The van der Waals surface area contributed by atoms with Gasteiger partial charge in [-0.2, -0.15) is 0 Å². The van der Waals surface area contributed by atoms with Gasteiger partial charge >= 0.3 is 0 Å². The van der Waals surface area contributed by atoms with Gasteiger partial charge in [-0.25, -0.2) is 0 Å². The summed E-state index contributed by atoms with van der Waals surface area (Å²) in [6, 6.07) is 21.0. The molecule has 0 bridgehead atoms. The summed E-state index contributed by atoms with van der Waals surface area (Å²) in [7, 11) is 0. The molecule has 1 amide bonds. The number of hydrogen-bond donors (Lipinski definition) is 1. The Morgan fingerprint density at radius 3 is 2.27 bits per heavy atom. The van der Waals surface area contributed by atoms with Crippen LogP contribution in [-0.4, -0.2) is 23.9 Å². The second-order valence-electron chi connectivity index (χ2n) is 7.05. The minimum atomic E-state index is -0.430. The lowest BCUT2D eigenvalue weighted by Crippen LogP contribution is -2.19. The first-order valence-electron chi connectivity index (χ1n) is 9.78. The predicted octanol–water partition coefficient (Wildman–Crippen LogP) is 5.24. The van der Waals surface area contributed by atoms with Gasteiger partial charge in [-0.1, -0.05) is 18.2 Å². The number of rotatable bonds is 6. The van der Waals surface area contributed by atoms with Crippen LogP contribution in [0, 0.1) is 10.1 Å². The zero-order valence-corrected chi connectivity index (χ0v) is 16.3. The van der Waals surface area contributed by atoms with Gasteiger partial charge in [-0.05, 0) is 61.4 Å². The van der Waals surface area contributed by atoms with E-state index in [-0.39, 0.29) is 11.3 Å². The standard InChI is InChI=1S/C23H21N3O4/c27-23(17-8-13-21(22(16-17)26(28)29)25-14-4-5-15-25)24-18-9-11-20(12-10-18)30-19-6-2-1-3-7-19/h1-3,6-13,16H,4-5,14-15H2,(H,24,27). The number of carbonyl (C=O) groups is 1. The molecule has 4 rings (SSSR count). The number of ether oxygens (including phenoxy) is 1. The van der Waals surface area contributed by atoms with Gasteiger partial charge in [0.05, 0.1) is 4.92 Å². The maximum atomic E-state index is 12.6. The third-order valence-electron chi connectivity index (χ3n) is 4.97. The minimum absolute atomic E-state index is 0.0452. The summed E-state index contributed by atoms with van der Waals surface area (Å²) in [6.45, 7) is 1.59. The van der Waals surface area contributed by atoms with Crippen LogP contribution in [0.5, 0.6) is 11.5 Å². The fourth-order valence-electron chi connectivity index (χ4n) is 3.47. The van der Waals surface area contributed by atoms with Crippen molar-refractivity contribution < 1.29 is 14.5 Å². The maximum absolute atomic E-state index is 12.6. The van der Waals surface area contributed by atoms with Crippen molar-refractivity contribution in [1.29, 1.82) is 0 Å². The van der Waals surface area contributed by atoms with Gasteiger partial charge in [-0.15, -0.1) is 0 Å². The van der Waals surface area contributed by atoms with Crippen molar-refractivity contribution in [3.63, 3.8) is 0 Å². The van der Waals surface area contributed by atoms with Crippen molar-refractivity contribution in [2.45, 2.75) is 12.8 Å². The van der Waals surface area contributed by atoms with Crippen molar-refractivity contribution in [3.05, 3.63) is 88.5 Å². The van der Waals surface area contributed by atoms with Gasteiger partial charge in [0.2, 0.25) is 0 Å². The molecular weight excluding hydrogens is 382 g/mol. The lowest BCUT2D eigenvalue weighted by molar-refractivity contribution is -0.384. The first kappa shape index (κ1) is 19.4. The highest BCUT2D eigenvalue weighted by molar-refractivity contribution is 6.05. The fourth-order valence-corrected chi connectivity index (χ4v) is 3.47. The number of hydrogen-bond acceptors (Lipinski definition) is 5. The summed E-state index contributed by atoms with van der Waals surface area (Å²) in [5.41, 5.74) is 1.34. The van der Waals surface area contributed by atoms with Gasteiger partial charge < -0.3 is 15.0 Å². The van der Waals surface area contributed by atoms with Gasteiger partial charge in [0.15, 0.2) is 0 Å². The van der Waals surface area contributed by atoms with E-state index < -0.39 is 10.8 Å². The fraction of sp³-hybridized carbons (Fsp3) is 0.174. The van der Waals surface area contributed by atoms with Crippen LogP contribution in [0.2, 0.25) is 0 Å². The Balaban J connectivity index is 1.46. The molecule has 0 atom stereocenters. The Labute approximate surface area is 174 Å². The van der Waals surface area contributed by atoms with Crippen LogP contribution in [-0.2, 0) is 0 Å². The number of nitro groups is 1. The Hall–Kier alpha value is -3.87. The molecule has 7 nitrogen and oxygen atoms in total. The lowest BCUT2D eigenvalue weighted by Gasteiger charge is -2.17. The topological polar surface area (TPSA) is 84.7 Å². The molecule has 1 N–H and O–H groups in total. The SMILES string of the molecule is O=C(Nc1ccc(Oc2ccccc2)cc1)c1ccc(N2CCCC2)c([N+](=O)[O-])c1. The van der Waals surface area contributed by atoms with E-state index in [1.807, 2.05) is 35.2 Å². The second kappa shape index (κ2) is 8.65. The highest BCUT2D eigenvalue weighted by Gasteiger charge is 2.23. The maximum Gasteiger partial charge on any atom is 0.293 e. The number of anilines is 2. The van der Waals surface area contributed by atoms with E-state index in [9.17, 15) is 14.9 Å². The van der Waals surface area contributed by atoms with E-state index in [2.05, 4.69) is 5.32 Å². The molecule has 1 aliphatic heterocycles. The molecule has 3 aromatic rings. The summed E-state index contributed by atoms with van der Waals surface area (Å²) in [5.74, 6) is 0.965. The molecule has 1 heterocycles. The summed E-state index contributed by atoms with van der Waals surface area (Å²) in [4.78, 5) is 25.7. The smallest absolute Gasteiger partial charge is 0.293 e. The van der Waals surface area contributed by atoms with Crippen LogP contribution >= 0.6 is 0 Å². The Morgan fingerprint density at radius 2 is 1.60 bits per heavy atom. The zero-order valence-electron chi connectivity index (χ0n) is 16.3. The molecule has 152 valence electrons. The predicted molar refractivity (Wildman–Crippen MR) is 115 cm³/mol. The van der Waals surface area contributed by atoms with E-state index in [1.165, 1.54) is 6.07 Å². The van der Waals surface area contributed by atoms with Gasteiger partial charge in [0, 0.05) is 30.4 Å². The summed E-state index contributed by atoms with van der Waals surface area (Å²) in [5, 5.41) is 14.3. The van der Waals surface area contributed by atoms with Crippen LogP contribution in [0.15, 0.2) is 72.8 Å². The monoisotopic (exact) mass is 403 g/mol. The Bertz CT molecular complexity index is 1050. The van der Waals surface area contributed by atoms with Gasteiger partial charge in [-0.3, -0.25) is 14.9 Å². The Morgan fingerprint density at radius 1 is 0.933 bits per heavy atom. The van der Waals surface area contributed by atoms with Crippen molar-refractivity contribution in [2.75, 3.05) is 23.3 Å². The lowest BCUT2D eigenvalue weighted by atomic mass is 10.1. The zero-order chi connectivity index (χ0) is 20.9. The van der Waals surface area contributed by atoms with E-state index in [0.717, 1.165) is 31.7 Å². The van der Waals surface area contributed by atoms with E-state index in [1.54, 1.807) is 36.4 Å². The van der Waals surface area contributed by atoms with Crippen LogP contribution in [0.4, 0.5) is 17.1 Å². The second-order valence-corrected chi connectivity index (χ2v) is 7.05. The number of nitrogens with one attached hydrogen (secondary N) is 1. The molecular formula is C23H21N3O4. The van der Waals surface area contributed by atoms with Crippen molar-refractivity contribution >= 4 is 23.0 Å². The van der Waals surface area contributed by atoms with Crippen molar-refractivity contribution in [2.24, 2.45) is 0 Å². The number of carbonyl (C=O) groups excluding carboxylic acids is 1. The molecule has 1 fully saturated rings. The summed E-state index contributed by atoms with van der Waals surface area (Å²) < 4.78 is 5.73. The molecule has 0 saturated carbocycles. The van der Waals surface area contributed by atoms with Gasteiger partial charge in [0.25, 0.3) is 11.6 Å². The average Bonchev–Trinajstić information content (AvgIpc) is 3.30. The average molecular weight is 403 g/mol. The molecule has 3 aromatic carbocycles. The third kappa shape index (κ3) is 4.41. The van der Waals surface area contributed by atoms with Crippen molar-refractivity contribution in [3.8, 4) is 11.5 Å². The minimum Gasteiger partial charge on any atom is -0.457 e. The number of benzene rings is 3. The van der Waals surface area contributed by atoms with Crippen LogP contribution in [0.25, 0.3) is 0 Å².